The monoisotopic (exact) mass is 337 g/mol. The summed E-state index contributed by atoms with van der Waals surface area (Å²) in [7, 11) is -3.49. The van der Waals surface area contributed by atoms with Gasteiger partial charge in [0.05, 0.1) is 6.17 Å². The van der Waals surface area contributed by atoms with Gasteiger partial charge in [0.25, 0.3) is 5.97 Å². The maximum Gasteiger partial charge on any atom is 0.513 e. The molecule has 1 aromatic rings. The van der Waals surface area contributed by atoms with Crippen molar-refractivity contribution >= 4 is 31.7 Å². The van der Waals surface area contributed by atoms with Crippen LogP contribution in [0.1, 0.15) is 13.8 Å². The largest absolute Gasteiger partial charge is 0.513 e. The Labute approximate surface area is 135 Å². The van der Waals surface area contributed by atoms with Crippen LogP contribution in [0.25, 0.3) is 0 Å². The summed E-state index contributed by atoms with van der Waals surface area (Å²) in [5.41, 5.74) is 5.73. The zero-order valence-corrected chi connectivity index (χ0v) is 14.0. The van der Waals surface area contributed by atoms with Crippen LogP contribution in [-0.4, -0.2) is 39.2 Å². The van der Waals surface area contributed by atoms with Gasteiger partial charge in [-0.05, 0) is 6.92 Å². The molecular formula is C15H19NO6Si. The molecule has 2 N–H and O–H groups in total. The van der Waals surface area contributed by atoms with Gasteiger partial charge in [-0.1, -0.05) is 36.4 Å². The lowest BCUT2D eigenvalue weighted by Gasteiger charge is -2.28. The average Bonchev–Trinajstić information content (AvgIpc) is 2.53. The van der Waals surface area contributed by atoms with Crippen LogP contribution in [0.2, 0.25) is 0 Å². The molecule has 7 nitrogen and oxygen atoms in total. The fourth-order valence-corrected chi connectivity index (χ4v) is 4.06. The number of carbonyl (C=O) groups is 3. The Hall–Kier alpha value is -2.45. The molecule has 0 bridgehead atoms. The van der Waals surface area contributed by atoms with Crippen molar-refractivity contribution in [3.63, 3.8) is 0 Å². The molecule has 1 atom stereocenters. The number of rotatable bonds is 7. The van der Waals surface area contributed by atoms with Gasteiger partial charge in [0, 0.05) is 18.2 Å². The van der Waals surface area contributed by atoms with Gasteiger partial charge in [-0.3, -0.25) is 4.79 Å². The quantitative estimate of drug-likeness (QED) is 0.426. The van der Waals surface area contributed by atoms with Crippen LogP contribution in [0, 0.1) is 0 Å². The van der Waals surface area contributed by atoms with E-state index in [0.717, 1.165) is 0 Å². The third-order valence-corrected chi connectivity index (χ3v) is 5.63. The normalized spacial score (nSPS) is 13.2. The molecule has 0 aromatic heterocycles. The summed E-state index contributed by atoms with van der Waals surface area (Å²) in [6, 6.07) is 8.54. The highest BCUT2D eigenvalue weighted by molar-refractivity contribution is 6.83. The fourth-order valence-electron chi connectivity index (χ4n) is 1.79. The SMILES string of the molecule is CC=CC(=O)OCC(=O)O[Si](CN)(OC(C)=O)c1ccccc1. The number of allylic oxidation sites excluding steroid dienone is 1. The summed E-state index contributed by atoms with van der Waals surface area (Å²) in [4.78, 5) is 34.6. The Kier molecular flexibility index (Phi) is 7.16. The highest BCUT2D eigenvalue weighted by atomic mass is 28.4. The lowest BCUT2D eigenvalue weighted by molar-refractivity contribution is -0.152. The summed E-state index contributed by atoms with van der Waals surface area (Å²) < 4.78 is 15.3. The number of carbonyl (C=O) groups excluding carboxylic acids is 3. The number of benzene rings is 1. The minimum atomic E-state index is -3.49. The van der Waals surface area contributed by atoms with Gasteiger partial charge in [0.2, 0.25) is 0 Å². The summed E-state index contributed by atoms with van der Waals surface area (Å²) >= 11 is 0. The van der Waals surface area contributed by atoms with E-state index in [0.29, 0.717) is 5.19 Å². The molecular weight excluding hydrogens is 318 g/mol. The van der Waals surface area contributed by atoms with Crippen LogP contribution in [0.5, 0.6) is 0 Å². The summed E-state index contributed by atoms with van der Waals surface area (Å²) in [5, 5.41) is 0.533. The second-order valence-electron chi connectivity index (χ2n) is 4.50. The Balaban J connectivity index is 2.91. The van der Waals surface area contributed by atoms with Crippen molar-refractivity contribution in [3.8, 4) is 0 Å². The highest BCUT2D eigenvalue weighted by Gasteiger charge is 2.46. The van der Waals surface area contributed by atoms with Crippen molar-refractivity contribution in [2.45, 2.75) is 13.8 Å². The third kappa shape index (κ3) is 5.68. The van der Waals surface area contributed by atoms with E-state index >= 15 is 0 Å². The van der Waals surface area contributed by atoms with Gasteiger partial charge in [-0.15, -0.1) is 0 Å². The molecule has 124 valence electrons. The standard InChI is InChI=1S/C15H19NO6Si/c1-3-7-14(18)20-10-15(19)22-23(11-16,21-12(2)17)13-8-5-4-6-9-13/h3-9H,10-11,16H2,1-2H3. The molecule has 1 rings (SSSR count). The van der Waals surface area contributed by atoms with Gasteiger partial charge >= 0.3 is 20.5 Å². The van der Waals surface area contributed by atoms with E-state index in [4.69, 9.17) is 19.3 Å². The van der Waals surface area contributed by atoms with E-state index in [9.17, 15) is 14.4 Å². The molecule has 0 saturated carbocycles. The van der Waals surface area contributed by atoms with Gasteiger partial charge < -0.3 is 19.3 Å². The fraction of sp³-hybridized carbons (Fsp3) is 0.267. The van der Waals surface area contributed by atoms with Crippen LogP contribution < -0.4 is 10.9 Å². The van der Waals surface area contributed by atoms with Crippen LogP contribution in [0.4, 0.5) is 0 Å². The Morgan fingerprint density at radius 1 is 1.17 bits per heavy atom. The first-order chi connectivity index (χ1) is 10.9. The van der Waals surface area contributed by atoms with Crippen LogP contribution in [0.15, 0.2) is 42.5 Å². The zero-order chi connectivity index (χ0) is 17.3. The number of esters is 1. The first-order valence-electron chi connectivity index (χ1n) is 6.90. The first-order valence-corrected chi connectivity index (χ1v) is 8.92. The molecule has 0 aliphatic heterocycles. The summed E-state index contributed by atoms with van der Waals surface area (Å²) in [6.07, 6.45) is 2.50. The number of ether oxygens (including phenoxy) is 1. The molecule has 1 aromatic carbocycles. The van der Waals surface area contributed by atoms with Gasteiger partial charge in [0.1, 0.15) is 0 Å². The lowest BCUT2D eigenvalue weighted by atomic mass is 10.4. The van der Waals surface area contributed by atoms with E-state index in [1.54, 1.807) is 37.3 Å². The van der Waals surface area contributed by atoms with Crippen molar-refractivity contribution in [2.75, 3.05) is 12.8 Å². The average molecular weight is 337 g/mol. The molecule has 0 aliphatic carbocycles. The molecule has 0 amide bonds. The van der Waals surface area contributed by atoms with Crippen LogP contribution in [-0.2, 0) is 28.0 Å². The van der Waals surface area contributed by atoms with E-state index < -0.39 is 33.1 Å². The van der Waals surface area contributed by atoms with Crippen molar-refractivity contribution in [1.82, 2.24) is 0 Å². The molecule has 8 heteroatoms. The molecule has 0 heterocycles. The van der Waals surface area contributed by atoms with Crippen LogP contribution in [0.3, 0.4) is 0 Å². The van der Waals surface area contributed by atoms with Gasteiger partial charge in [0.15, 0.2) is 6.61 Å². The third-order valence-electron chi connectivity index (χ3n) is 2.70. The maximum atomic E-state index is 11.9. The van der Waals surface area contributed by atoms with Crippen molar-refractivity contribution in [2.24, 2.45) is 5.73 Å². The van der Waals surface area contributed by atoms with Gasteiger partial charge in [-0.25, -0.2) is 9.59 Å². The van der Waals surface area contributed by atoms with E-state index in [-0.39, 0.29) is 6.17 Å². The van der Waals surface area contributed by atoms with Crippen molar-refractivity contribution in [3.05, 3.63) is 42.5 Å². The molecule has 0 saturated heterocycles. The molecule has 0 spiro atoms. The molecule has 0 radical (unpaired) electrons. The Morgan fingerprint density at radius 2 is 1.83 bits per heavy atom. The molecule has 23 heavy (non-hydrogen) atoms. The Bertz CT molecular complexity index is 589. The number of hydrogen-bond donors (Lipinski definition) is 1. The predicted octanol–water partition coefficient (Wildman–Crippen LogP) is 0.0593. The van der Waals surface area contributed by atoms with Crippen molar-refractivity contribution < 1.29 is 28.0 Å². The number of nitrogens with two attached hydrogens (primary N) is 1. The molecule has 0 aliphatic rings. The second kappa shape index (κ2) is 8.86. The zero-order valence-electron chi connectivity index (χ0n) is 13.0. The summed E-state index contributed by atoms with van der Waals surface area (Å²) in [5.74, 6) is -2.11. The predicted molar refractivity (Wildman–Crippen MR) is 84.5 cm³/mol. The smallest absolute Gasteiger partial charge is 0.481 e. The van der Waals surface area contributed by atoms with E-state index in [2.05, 4.69) is 0 Å². The van der Waals surface area contributed by atoms with Crippen LogP contribution >= 0.6 is 0 Å². The maximum absolute atomic E-state index is 11.9. The minimum absolute atomic E-state index is 0.148. The lowest BCUT2D eigenvalue weighted by Crippen LogP contribution is -2.61. The number of hydrogen-bond acceptors (Lipinski definition) is 7. The molecule has 0 fully saturated rings. The second-order valence-corrected chi connectivity index (χ2v) is 7.40. The first kappa shape index (κ1) is 18.6. The molecule has 1 unspecified atom stereocenters. The van der Waals surface area contributed by atoms with E-state index in [1.807, 2.05) is 0 Å². The van der Waals surface area contributed by atoms with E-state index in [1.165, 1.54) is 19.1 Å². The summed E-state index contributed by atoms with van der Waals surface area (Å²) in [6.45, 7) is 2.26. The highest BCUT2D eigenvalue weighted by Crippen LogP contribution is 2.09. The Morgan fingerprint density at radius 3 is 2.35 bits per heavy atom. The van der Waals surface area contributed by atoms with Crippen molar-refractivity contribution in [1.29, 1.82) is 0 Å². The minimum Gasteiger partial charge on any atom is -0.481 e. The topological polar surface area (TPSA) is 105 Å². The van der Waals surface area contributed by atoms with Gasteiger partial charge in [-0.2, -0.15) is 0 Å².